The molecule has 1 unspecified atom stereocenters. The fraction of sp³-hybridized carbons (Fsp3) is 0.429. The zero-order valence-electron chi connectivity index (χ0n) is 11.2. The van der Waals surface area contributed by atoms with Crippen LogP contribution in [0.4, 0.5) is 0 Å². The van der Waals surface area contributed by atoms with E-state index in [0.29, 0.717) is 23.5 Å². The van der Waals surface area contributed by atoms with Crippen molar-refractivity contribution in [2.45, 2.75) is 26.1 Å². The van der Waals surface area contributed by atoms with Crippen molar-refractivity contribution < 1.29 is 19.1 Å². The summed E-state index contributed by atoms with van der Waals surface area (Å²) < 4.78 is 10.3. The highest BCUT2D eigenvalue weighted by molar-refractivity contribution is 6.34. The topological polar surface area (TPSA) is 52.6 Å². The van der Waals surface area contributed by atoms with Gasteiger partial charge in [0.2, 0.25) is 0 Å². The molecule has 19 heavy (non-hydrogen) atoms. The smallest absolute Gasteiger partial charge is 0.338 e. The first-order valence-corrected chi connectivity index (χ1v) is 6.57. The molecule has 0 fully saturated rings. The molecular formula is C14H17ClO4. The van der Waals surface area contributed by atoms with E-state index in [9.17, 15) is 9.59 Å². The highest BCUT2D eigenvalue weighted by atomic mass is 35.5. The molecule has 0 heterocycles. The van der Waals surface area contributed by atoms with Gasteiger partial charge in [-0.25, -0.2) is 4.79 Å². The highest BCUT2D eigenvalue weighted by Crippen LogP contribution is 2.23. The number of Topliss-reactive ketones (excluding diaryl/α,β-unsaturated/α-hetero) is 1. The van der Waals surface area contributed by atoms with Crippen molar-refractivity contribution >= 4 is 23.4 Å². The summed E-state index contributed by atoms with van der Waals surface area (Å²) in [7, 11) is 0. The average molecular weight is 285 g/mol. The lowest BCUT2D eigenvalue weighted by atomic mass is 10.0. The molecule has 1 atom stereocenters. The third-order valence-electron chi connectivity index (χ3n) is 2.42. The normalized spacial score (nSPS) is 11.8. The van der Waals surface area contributed by atoms with Crippen LogP contribution in [0.15, 0.2) is 18.2 Å². The second kappa shape index (κ2) is 7.14. The fourth-order valence-electron chi connectivity index (χ4n) is 1.56. The SMILES string of the molecule is CCOC(=O)c1ccc(OCC)c(C(=O)C(C)Cl)c1. The number of benzene rings is 1. The largest absolute Gasteiger partial charge is 0.493 e. The number of halogens is 1. The van der Waals surface area contributed by atoms with Crippen molar-refractivity contribution in [3.63, 3.8) is 0 Å². The number of esters is 1. The second-order valence-electron chi connectivity index (χ2n) is 3.84. The van der Waals surface area contributed by atoms with Gasteiger partial charge in [-0.1, -0.05) is 0 Å². The number of alkyl halides is 1. The summed E-state index contributed by atoms with van der Waals surface area (Å²) in [5, 5.41) is -0.684. The molecule has 0 saturated carbocycles. The fourth-order valence-corrected chi connectivity index (χ4v) is 1.68. The van der Waals surface area contributed by atoms with Crippen molar-refractivity contribution in [2.75, 3.05) is 13.2 Å². The molecule has 5 heteroatoms. The molecule has 0 radical (unpaired) electrons. The lowest BCUT2D eigenvalue weighted by Crippen LogP contribution is -2.14. The van der Waals surface area contributed by atoms with E-state index < -0.39 is 11.3 Å². The van der Waals surface area contributed by atoms with E-state index >= 15 is 0 Å². The van der Waals surface area contributed by atoms with E-state index in [1.165, 1.54) is 6.07 Å². The van der Waals surface area contributed by atoms with Crippen LogP contribution in [0.3, 0.4) is 0 Å². The number of ether oxygens (including phenoxy) is 2. The van der Waals surface area contributed by atoms with Gasteiger partial charge in [0.15, 0.2) is 5.78 Å². The first kappa shape index (κ1) is 15.5. The Hall–Kier alpha value is -1.55. The second-order valence-corrected chi connectivity index (χ2v) is 4.50. The van der Waals surface area contributed by atoms with Crippen LogP contribution in [0.25, 0.3) is 0 Å². The van der Waals surface area contributed by atoms with Gasteiger partial charge >= 0.3 is 5.97 Å². The van der Waals surface area contributed by atoms with Crippen molar-refractivity contribution in [3.8, 4) is 5.75 Å². The first-order chi connectivity index (χ1) is 9.01. The van der Waals surface area contributed by atoms with Crippen LogP contribution in [-0.4, -0.2) is 30.3 Å². The van der Waals surface area contributed by atoms with Crippen molar-refractivity contribution in [2.24, 2.45) is 0 Å². The molecule has 0 aliphatic heterocycles. The minimum atomic E-state index is -0.684. The summed E-state index contributed by atoms with van der Waals surface area (Å²) in [4.78, 5) is 23.7. The Morgan fingerprint density at radius 1 is 1.26 bits per heavy atom. The number of hydrogen-bond donors (Lipinski definition) is 0. The van der Waals surface area contributed by atoms with Crippen LogP contribution >= 0.6 is 11.6 Å². The molecule has 0 aliphatic carbocycles. The maximum atomic E-state index is 12.0. The van der Waals surface area contributed by atoms with Crippen molar-refractivity contribution in [1.82, 2.24) is 0 Å². The molecule has 0 spiro atoms. The van der Waals surface area contributed by atoms with E-state index in [2.05, 4.69) is 0 Å². The van der Waals surface area contributed by atoms with Gasteiger partial charge in [-0.2, -0.15) is 0 Å². The van der Waals surface area contributed by atoms with Crippen LogP contribution < -0.4 is 4.74 Å². The van der Waals surface area contributed by atoms with Gasteiger partial charge in [-0.15, -0.1) is 11.6 Å². The third kappa shape index (κ3) is 3.96. The standard InChI is InChI=1S/C14H17ClO4/c1-4-18-12-7-6-10(14(17)19-5-2)8-11(12)13(16)9(3)15/h6-9H,4-5H2,1-3H3. The number of carbonyl (C=O) groups excluding carboxylic acids is 2. The third-order valence-corrected chi connectivity index (χ3v) is 2.62. The van der Waals surface area contributed by atoms with Crippen LogP contribution in [0.2, 0.25) is 0 Å². The van der Waals surface area contributed by atoms with Crippen molar-refractivity contribution in [1.29, 1.82) is 0 Å². The lowest BCUT2D eigenvalue weighted by Gasteiger charge is -2.12. The number of ketones is 1. The van der Waals surface area contributed by atoms with E-state index in [1.807, 2.05) is 6.92 Å². The Bertz CT molecular complexity index is 469. The van der Waals surface area contributed by atoms with Gasteiger partial charge in [0.25, 0.3) is 0 Å². The molecule has 1 aromatic carbocycles. The molecule has 1 rings (SSSR count). The van der Waals surface area contributed by atoms with Crippen molar-refractivity contribution in [3.05, 3.63) is 29.3 Å². The Labute approximate surface area is 117 Å². The molecule has 4 nitrogen and oxygen atoms in total. The van der Waals surface area contributed by atoms with Gasteiger partial charge < -0.3 is 9.47 Å². The van der Waals surface area contributed by atoms with E-state index in [1.54, 1.807) is 26.0 Å². The number of carbonyl (C=O) groups is 2. The summed E-state index contributed by atoms with van der Waals surface area (Å²) in [6.07, 6.45) is 0. The lowest BCUT2D eigenvalue weighted by molar-refractivity contribution is 0.0526. The predicted molar refractivity (Wildman–Crippen MR) is 73.2 cm³/mol. The average Bonchev–Trinajstić information content (AvgIpc) is 2.38. The van der Waals surface area contributed by atoms with Crippen LogP contribution in [0.1, 0.15) is 41.5 Å². The Kier molecular flexibility index (Phi) is 5.83. The molecule has 0 bridgehead atoms. The Morgan fingerprint density at radius 3 is 2.47 bits per heavy atom. The molecule has 0 aromatic heterocycles. The van der Waals surface area contributed by atoms with Crippen LogP contribution in [0, 0.1) is 0 Å². The molecule has 104 valence electrons. The minimum absolute atomic E-state index is 0.279. The first-order valence-electron chi connectivity index (χ1n) is 6.13. The van der Waals surface area contributed by atoms with Gasteiger partial charge in [-0.3, -0.25) is 4.79 Å². The van der Waals surface area contributed by atoms with E-state index in [-0.39, 0.29) is 12.4 Å². The predicted octanol–water partition coefficient (Wildman–Crippen LogP) is 3.07. The summed E-state index contributed by atoms with van der Waals surface area (Å²) in [6, 6.07) is 4.62. The molecule has 0 saturated heterocycles. The number of hydrogen-bond acceptors (Lipinski definition) is 4. The summed E-state index contributed by atoms with van der Waals surface area (Å²) in [6.45, 7) is 5.82. The molecule has 0 aliphatic rings. The number of rotatable bonds is 6. The molecule has 0 amide bonds. The quantitative estimate of drug-likeness (QED) is 0.458. The maximum absolute atomic E-state index is 12.0. The van der Waals surface area contributed by atoms with Crippen LogP contribution in [-0.2, 0) is 4.74 Å². The Morgan fingerprint density at radius 2 is 1.95 bits per heavy atom. The van der Waals surface area contributed by atoms with Gasteiger partial charge in [0.1, 0.15) is 5.75 Å². The maximum Gasteiger partial charge on any atom is 0.338 e. The summed E-state index contributed by atoms with van der Waals surface area (Å²) >= 11 is 5.81. The zero-order valence-corrected chi connectivity index (χ0v) is 12.0. The Balaban J connectivity index is 3.18. The summed E-state index contributed by atoms with van der Waals surface area (Å²) in [5.41, 5.74) is 0.612. The minimum Gasteiger partial charge on any atom is -0.493 e. The monoisotopic (exact) mass is 284 g/mol. The van der Waals surface area contributed by atoms with Gasteiger partial charge in [-0.05, 0) is 39.0 Å². The van der Waals surface area contributed by atoms with Gasteiger partial charge in [0.05, 0.1) is 29.7 Å². The molecule has 1 aromatic rings. The highest BCUT2D eigenvalue weighted by Gasteiger charge is 2.20. The zero-order chi connectivity index (χ0) is 14.4. The molecule has 0 N–H and O–H groups in total. The summed E-state index contributed by atoms with van der Waals surface area (Å²) in [5.74, 6) is -0.328. The van der Waals surface area contributed by atoms with E-state index in [0.717, 1.165) is 0 Å². The van der Waals surface area contributed by atoms with Crippen LogP contribution in [0.5, 0.6) is 5.75 Å². The van der Waals surface area contributed by atoms with Gasteiger partial charge in [0, 0.05) is 0 Å². The molecular weight excluding hydrogens is 268 g/mol. The van der Waals surface area contributed by atoms with E-state index in [4.69, 9.17) is 21.1 Å².